The van der Waals surface area contributed by atoms with Crippen LogP contribution in [0, 0.1) is 0 Å². The van der Waals surface area contributed by atoms with E-state index in [4.69, 9.17) is 0 Å². The van der Waals surface area contributed by atoms with Gasteiger partial charge in [0.2, 0.25) is 5.91 Å². The number of nitrogens with one attached hydrogen (secondary N) is 1. The van der Waals surface area contributed by atoms with E-state index in [0.29, 0.717) is 6.42 Å². The summed E-state index contributed by atoms with van der Waals surface area (Å²) in [5, 5.41) is 3.91. The Kier molecular flexibility index (Phi) is 3.41. The standard InChI is InChI=1S/C12H14BrNO/c13-6-2-1-3-9-4-5-11-10(7-9)8-12(15)14-11/h4-5,7H,1-3,6,8H2,(H,14,15). The number of anilines is 1. The summed E-state index contributed by atoms with van der Waals surface area (Å²) in [6.45, 7) is 0. The molecule has 2 nitrogen and oxygen atoms in total. The molecule has 1 amide bonds. The Morgan fingerprint density at radius 2 is 2.20 bits per heavy atom. The van der Waals surface area contributed by atoms with E-state index in [-0.39, 0.29) is 5.91 Å². The number of benzene rings is 1. The molecule has 1 heterocycles. The average molecular weight is 268 g/mol. The van der Waals surface area contributed by atoms with Crippen molar-refractivity contribution in [3.05, 3.63) is 29.3 Å². The predicted octanol–water partition coefficient (Wildman–Crippen LogP) is 2.90. The summed E-state index contributed by atoms with van der Waals surface area (Å²) in [6.07, 6.45) is 4.05. The Balaban J connectivity index is 2.03. The van der Waals surface area contributed by atoms with Crippen molar-refractivity contribution in [2.24, 2.45) is 0 Å². The number of hydrogen-bond acceptors (Lipinski definition) is 1. The van der Waals surface area contributed by atoms with Crippen LogP contribution in [0.3, 0.4) is 0 Å². The molecule has 0 saturated heterocycles. The highest BCUT2D eigenvalue weighted by molar-refractivity contribution is 9.09. The molecule has 0 aromatic heterocycles. The minimum Gasteiger partial charge on any atom is -0.326 e. The molecule has 0 bridgehead atoms. The molecular weight excluding hydrogens is 254 g/mol. The molecule has 3 heteroatoms. The molecule has 0 spiro atoms. The van der Waals surface area contributed by atoms with Crippen LogP contribution in [0.15, 0.2) is 18.2 Å². The van der Waals surface area contributed by atoms with E-state index in [0.717, 1.165) is 23.0 Å². The highest BCUT2D eigenvalue weighted by Crippen LogP contribution is 2.24. The smallest absolute Gasteiger partial charge is 0.228 e. The summed E-state index contributed by atoms with van der Waals surface area (Å²) < 4.78 is 0. The van der Waals surface area contributed by atoms with Gasteiger partial charge in [0.25, 0.3) is 0 Å². The van der Waals surface area contributed by atoms with Crippen LogP contribution in [0.1, 0.15) is 24.0 Å². The predicted molar refractivity (Wildman–Crippen MR) is 65.5 cm³/mol. The summed E-state index contributed by atoms with van der Waals surface area (Å²) in [5.41, 5.74) is 3.48. The third-order valence-electron chi connectivity index (χ3n) is 2.64. The zero-order valence-corrected chi connectivity index (χ0v) is 10.1. The van der Waals surface area contributed by atoms with Gasteiger partial charge >= 0.3 is 0 Å². The molecule has 1 aromatic carbocycles. The summed E-state index contributed by atoms with van der Waals surface area (Å²) in [7, 11) is 0. The molecule has 2 rings (SSSR count). The molecule has 1 N–H and O–H groups in total. The van der Waals surface area contributed by atoms with Crippen LogP contribution in [-0.2, 0) is 17.6 Å². The van der Waals surface area contributed by atoms with Crippen LogP contribution in [0.2, 0.25) is 0 Å². The van der Waals surface area contributed by atoms with Crippen molar-refractivity contribution < 1.29 is 4.79 Å². The monoisotopic (exact) mass is 267 g/mol. The van der Waals surface area contributed by atoms with Crippen molar-refractivity contribution >= 4 is 27.5 Å². The largest absolute Gasteiger partial charge is 0.326 e. The van der Waals surface area contributed by atoms with Crippen LogP contribution >= 0.6 is 15.9 Å². The maximum atomic E-state index is 11.2. The van der Waals surface area contributed by atoms with E-state index in [1.54, 1.807) is 0 Å². The molecule has 1 aliphatic heterocycles. The maximum absolute atomic E-state index is 11.2. The number of fused-ring (bicyclic) bond motifs is 1. The fourth-order valence-corrected chi connectivity index (χ4v) is 2.26. The fraction of sp³-hybridized carbons (Fsp3) is 0.417. The Labute approximate surface area is 98.2 Å². The molecule has 15 heavy (non-hydrogen) atoms. The van der Waals surface area contributed by atoms with E-state index in [2.05, 4.69) is 33.4 Å². The second kappa shape index (κ2) is 4.79. The number of carbonyl (C=O) groups excluding carboxylic acids is 1. The average Bonchev–Trinajstić information content (AvgIpc) is 2.57. The van der Waals surface area contributed by atoms with Crippen LogP contribution in [0.5, 0.6) is 0 Å². The van der Waals surface area contributed by atoms with Gasteiger partial charge in [-0.05, 0) is 36.5 Å². The van der Waals surface area contributed by atoms with E-state index in [1.165, 1.54) is 18.4 Å². The van der Waals surface area contributed by atoms with Gasteiger partial charge in [-0.15, -0.1) is 0 Å². The van der Waals surface area contributed by atoms with Gasteiger partial charge in [-0.2, -0.15) is 0 Å². The van der Waals surface area contributed by atoms with E-state index < -0.39 is 0 Å². The Hall–Kier alpha value is -0.830. The quantitative estimate of drug-likeness (QED) is 0.660. The number of halogens is 1. The van der Waals surface area contributed by atoms with Gasteiger partial charge < -0.3 is 5.32 Å². The highest BCUT2D eigenvalue weighted by Gasteiger charge is 2.16. The molecule has 1 aliphatic rings. The minimum atomic E-state index is 0.114. The summed E-state index contributed by atoms with van der Waals surface area (Å²) in [4.78, 5) is 11.2. The fourth-order valence-electron chi connectivity index (χ4n) is 1.86. The third kappa shape index (κ3) is 2.59. The lowest BCUT2D eigenvalue weighted by Crippen LogP contribution is -2.03. The molecule has 0 fully saturated rings. The van der Waals surface area contributed by atoms with Crippen molar-refractivity contribution in [1.82, 2.24) is 0 Å². The molecular formula is C12H14BrNO. The second-order valence-corrected chi connectivity index (χ2v) is 4.66. The van der Waals surface area contributed by atoms with Gasteiger partial charge in [0.1, 0.15) is 0 Å². The summed E-state index contributed by atoms with van der Waals surface area (Å²) in [6, 6.07) is 6.28. The number of aryl methyl sites for hydroxylation is 1. The normalized spacial score (nSPS) is 13.8. The van der Waals surface area contributed by atoms with Crippen LogP contribution in [0.25, 0.3) is 0 Å². The first-order valence-electron chi connectivity index (χ1n) is 5.27. The van der Waals surface area contributed by atoms with E-state index in [9.17, 15) is 4.79 Å². The second-order valence-electron chi connectivity index (χ2n) is 3.86. The van der Waals surface area contributed by atoms with Crippen LogP contribution in [-0.4, -0.2) is 11.2 Å². The Morgan fingerprint density at radius 1 is 1.33 bits per heavy atom. The summed E-state index contributed by atoms with van der Waals surface area (Å²) in [5.74, 6) is 0.114. The maximum Gasteiger partial charge on any atom is 0.228 e. The Bertz CT molecular complexity index is 376. The highest BCUT2D eigenvalue weighted by atomic mass is 79.9. The zero-order valence-electron chi connectivity index (χ0n) is 8.55. The molecule has 1 aromatic rings. The Morgan fingerprint density at radius 3 is 3.00 bits per heavy atom. The van der Waals surface area contributed by atoms with Gasteiger partial charge in [-0.1, -0.05) is 28.1 Å². The van der Waals surface area contributed by atoms with Crippen molar-refractivity contribution in [3.63, 3.8) is 0 Å². The topological polar surface area (TPSA) is 29.1 Å². The number of hydrogen-bond donors (Lipinski definition) is 1. The van der Waals surface area contributed by atoms with Gasteiger partial charge in [0.05, 0.1) is 6.42 Å². The van der Waals surface area contributed by atoms with Crippen molar-refractivity contribution in [3.8, 4) is 0 Å². The SMILES string of the molecule is O=C1Cc2cc(CCCCBr)ccc2N1. The zero-order chi connectivity index (χ0) is 10.7. The van der Waals surface area contributed by atoms with Crippen molar-refractivity contribution in [2.45, 2.75) is 25.7 Å². The first-order chi connectivity index (χ1) is 7.29. The van der Waals surface area contributed by atoms with Gasteiger partial charge in [-0.3, -0.25) is 4.79 Å². The lowest BCUT2D eigenvalue weighted by Gasteiger charge is -2.03. The molecule has 0 unspecified atom stereocenters. The first kappa shape index (κ1) is 10.7. The third-order valence-corrected chi connectivity index (χ3v) is 3.20. The molecule has 0 saturated carbocycles. The van der Waals surface area contributed by atoms with Crippen molar-refractivity contribution in [2.75, 3.05) is 10.6 Å². The van der Waals surface area contributed by atoms with Crippen LogP contribution in [0.4, 0.5) is 5.69 Å². The van der Waals surface area contributed by atoms with Crippen LogP contribution < -0.4 is 5.32 Å². The van der Waals surface area contributed by atoms with Gasteiger partial charge in [0.15, 0.2) is 0 Å². The van der Waals surface area contributed by atoms with Gasteiger partial charge in [0, 0.05) is 11.0 Å². The number of amides is 1. The molecule has 0 atom stereocenters. The number of unbranched alkanes of at least 4 members (excludes halogenated alkanes) is 1. The lowest BCUT2D eigenvalue weighted by atomic mass is 10.0. The van der Waals surface area contributed by atoms with E-state index >= 15 is 0 Å². The van der Waals surface area contributed by atoms with Gasteiger partial charge in [-0.25, -0.2) is 0 Å². The number of rotatable bonds is 4. The molecule has 0 radical (unpaired) electrons. The lowest BCUT2D eigenvalue weighted by molar-refractivity contribution is -0.115. The molecule has 80 valence electrons. The minimum absolute atomic E-state index is 0.114. The van der Waals surface area contributed by atoms with E-state index in [1.807, 2.05) is 6.07 Å². The first-order valence-corrected chi connectivity index (χ1v) is 6.39. The summed E-state index contributed by atoms with van der Waals surface area (Å²) >= 11 is 3.43. The number of carbonyl (C=O) groups is 1. The van der Waals surface area contributed by atoms with Crippen molar-refractivity contribution in [1.29, 1.82) is 0 Å². The number of alkyl halides is 1. The molecule has 0 aliphatic carbocycles.